The van der Waals surface area contributed by atoms with E-state index in [0.717, 1.165) is 30.4 Å². The van der Waals surface area contributed by atoms with Gasteiger partial charge in [0.15, 0.2) is 0 Å². The second-order valence-corrected chi connectivity index (χ2v) is 6.06. The number of aliphatic hydroxyl groups is 1. The Kier molecular flexibility index (Phi) is 3.91. The van der Waals surface area contributed by atoms with E-state index in [1.807, 2.05) is 13.0 Å². The van der Waals surface area contributed by atoms with Crippen molar-refractivity contribution in [3.63, 3.8) is 0 Å². The molecule has 17 heavy (non-hydrogen) atoms. The largest absolute Gasteiger partial charge is 0.392 e. The smallest absolute Gasteiger partial charge is 0.0609 e. The van der Waals surface area contributed by atoms with Crippen molar-refractivity contribution in [1.29, 1.82) is 0 Å². The number of hydrogen-bond acceptors (Lipinski definition) is 2. The standard InChI is InChI=1S/C14H20BrNO/c1-11(17)14(6-8-16(2)9-7-14)12-4-3-5-13(15)10-12/h3-5,10-11,17H,6-9H2,1-2H3. The van der Waals surface area contributed by atoms with Crippen LogP contribution in [0.3, 0.4) is 0 Å². The highest BCUT2D eigenvalue weighted by Crippen LogP contribution is 2.39. The minimum absolute atomic E-state index is 0.0731. The van der Waals surface area contributed by atoms with E-state index in [-0.39, 0.29) is 11.5 Å². The fourth-order valence-electron chi connectivity index (χ4n) is 2.76. The van der Waals surface area contributed by atoms with Crippen molar-refractivity contribution in [2.24, 2.45) is 0 Å². The van der Waals surface area contributed by atoms with Gasteiger partial charge in [-0.15, -0.1) is 0 Å². The third-order valence-corrected chi connectivity index (χ3v) is 4.57. The molecular formula is C14H20BrNO. The van der Waals surface area contributed by atoms with Gasteiger partial charge in [0.25, 0.3) is 0 Å². The number of likely N-dealkylation sites (tertiary alicyclic amines) is 1. The number of hydrogen-bond donors (Lipinski definition) is 1. The first-order valence-electron chi connectivity index (χ1n) is 6.17. The third-order valence-electron chi connectivity index (χ3n) is 4.08. The molecule has 0 bridgehead atoms. The maximum absolute atomic E-state index is 10.2. The van der Waals surface area contributed by atoms with Crippen molar-refractivity contribution < 1.29 is 5.11 Å². The van der Waals surface area contributed by atoms with E-state index in [9.17, 15) is 5.11 Å². The highest BCUT2D eigenvalue weighted by molar-refractivity contribution is 9.10. The number of nitrogens with zero attached hydrogens (tertiary/aromatic N) is 1. The number of benzene rings is 1. The molecule has 0 radical (unpaired) electrons. The average molecular weight is 298 g/mol. The molecule has 0 saturated carbocycles. The third kappa shape index (κ3) is 2.56. The number of rotatable bonds is 2. The molecule has 2 nitrogen and oxygen atoms in total. The van der Waals surface area contributed by atoms with Gasteiger partial charge >= 0.3 is 0 Å². The maximum atomic E-state index is 10.2. The summed E-state index contributed by atoms with van der Waals surface area (Å²) in [5.41, 5.74) is 1.19. The van der Waals surface area contributed by atoms with E-state index in [2.05, 4.69) is 46.1 Å². The van der Waals surface area contributed by atoms with Crippen LogP contribution in [0, 0.1) is 0 Å². The Morgan fingerprint density at radius 3 is 2.53 bits per heavy atom. The van der Waals surface area contributed by atoms with Gasteiger partial charge in [0.05, 0.1) is 6.10 Å². The van der Waals surface area contributed by atoms with E-state index in [0.29, 0.717) is 0 Å². The monoisotopic (exact) mass is 297 g/mol. The number of halogens is 1. The fraction of sp³-hybridized carbons (Fsp3) is 0.571. The first-order valence-corrected chi connectivity index (χ1v) is 6.96. The number of piperidine rings is 1. The van der Waals surface area contributed by atoms with Crippen LogP contribution in [0.5, 0.6) is 0 Å². The zero-order valence-electron chi connectivity index (χ0n) is 10.5. The van der Waals surface area contributed by atoms with Crippen LogP contribution in [-0.2, 0) is 5.41 Å². The average Bonchev–Trinajstić information content (AvgIpc) is 2.30. The Morgan fingerprint density at radius 2 is 2.00 bits per heavy atom. The predicted molar refractivity (Wildman–Crippen MR) is 74.2 cm³/mol. The normalized spacial score (nSPS) is 22.4. The van der Waals surface area contributed by atoms with Gasteiger partial charge in [-0.3, -0.25) is 0 Å². The molecule has 0 amide bonds. The molecule has 1 saturated heterocycles. The first kappa shape index (κ1) is 13.1. The van der Waals surface area contributed by atoms with E-state index < -0.39 is 0 Å². The molecule has 1 atom stereocenters. The summed E-state index contributed by atoms with van der Waals surface area (Å²) in [4.78, 5) is 2.33. The van der Waals surface area contributed by atoms with Gasteiger partial charge in [-0.2, -0.15) is 0 Å². The van der Waals surface area contributed by atoms with Gasteiger partial charge in [0.1, 0.15) is 0 Å². The van der Waals surface area contributed by atoms with Crippen molar-refractivity contribution in [2.45, 2.75) is 31.3 Å². The molecule has 1 heterocycles. The summed E-state index contributed by atoms with van der Waals surface area (Å²) in [6.45, 7) is 4.03. The Morgan fingerprint density at radius 1 is 1.35 bits per heavy atom. The molecule has 0 aliphatic carbocycles. The number of aliphatic hydroxyl groups excluding tert-OH is 1. The quantitative estimate of drug-likeness (QED) is 0.907. The van der Waals surface area contributed by atoms with E-state index in [4.69, 9.17) is 0 Å². The second-order valence-electron chi connectivity index (χ2n) is 5.15. The van der Waals surface area contributed by atoms with Gasteiger partial charge in [-0.25, -0.2) is 0 Å². The topological polar surface area (TPSA) is 23.5 Å². The molecule has 1 aliphatic heterocycles. The lowest BCUT2D eigenvalue weighted by molar-refractivity contribution is 0.0485. The minimum atomic E-state index is -0.300. The van der Waals surface area contributed by atoms with Crippen LogP contribution in [0.2, 0.25) is 0 Å². The van der Waals surface area contributed by atoms with Crippen LogP contribution in [0.15, 0.2) is 28.7 Å². The molecule has 0 aromatic heterocycles. The molecule has 1 fully saturated rings. The van der Waals surface area contributed by atoms with Gasteiger partial charge in [0.2, 0.25) is 0 Å². The summed E-state index contributed by atoms with van der Waals surface area (Å²) in [5, 5.41) is 10.2. The Labute approximate surface area is 112 Å². The first-order chi connectivity index (χ1) is 8.04. The van der Waals surface area contributed by atoms with Crippen LogP contribution >= 0.6 is 15.9 Å². The zero-order valence-corrected chi connectivity index (χ0v) is 12.1. The van der Waals surface area contributed by atoms with Gasteiger partial charge in [-0.05, 0) is 57.6 Å². The SMILES string of the molecule is CC(O)C1(c2cccc(Br)c2)CCN(C)CC1. The van der Waals surface area contributed by atoms with Crippen molar-refractivity contribution >= 4 is 15.9 Å². The van der Waals surface area contributed by atoms with Crippen molar-refractivity contribution in [3.8, 4) is 0 Å². The van der Waals surface area contributed by atoms with E-state index in [1.165, 1.54) is 5.56 Å². The Hall–Kier alpha value is -0.380. The molecule has 0 spiro atoms. The van der Waals surface area contributed by atoms with E-state index in [1.54, 1.807) is 0 Å². The van der Waals surface area contributed by atoms with Gasteiger partial charge in [-0.1, -0.05) is 28.1 Å². The van der Waals surface area contributed by atoms with Crippen LogP contribution in [0.1, 0.15) is 25.3 Å². The summed E-state index contributed by atoms with van der Waals surface area (Å²) in [5.74, 6) is 0. The summed E-state index contributed by atoms with van der Waals surface area (Å²) < 4.78 is 1.09. The summed E-state index contributed by atoms with van der Waals surface area (Å²) in [7, 11) is 2.15. The summed E-state index contributed by atoms with van der Waals surface area (Å²) >= 11 is 3.52. The molecule has 1 aromatic carbocycles. The lowest BCUT2D eigenvalue weighted by Gasteiger charge is -2.43. The summed E-state index contributed by atoms with van der Waals surface area (Å²) in [6, 6.07) is 8.39. The minimum Gasteiger partial charge on any atom is -0.392 e. The lowest BCUT2D eigenvalue weighted by atomic mass is 9.69. The fourth-order valence-corrected chi connectivity index (χ4v) is 3.16. The van der Waals surface area contributed by atoms with Crippen LogP contribution in [0.25, 0.3) is 0 Å². The molecule has 2 rings (SSSR count). The molecule has 1 N–H and O–H groups in total. The molecular weight excluding hydrogens is 278 g/mol. The van der Waals surface area contributed by atoms with Gasteiger partial charge < -0.3 is 10.0 Å². The van der Waals surface area contributed by atoms with Crippen molar-refractivity contribution in [2.75, 3.05) is 20.1 Å². The van der Waals surface area contributed by atoms with Crippen LogP contribution in [0.4, 0.5) is 0 Å². The lowest BCUT2D eigenvalue weighted by Crippen LogP contribution is -2.47. The molecule has 1 aromatic rings. The Balaban J connectivity index is 2.35. The highest BCUT2D eigenvalue weighted by Gasteiger charge is 2.39. The highest BCUT2D eigenvalue weighted by atomic mass is 79.9. The molecule has 3 heteroatoms. The second kappa shape index (κ2) is 5.09. The van der Waals surface area contributed by atoms with Crippen molar-refractivity contribution in [1.82, 2.24) is 4.90 Å². The predicted octanol–water partition coefficient (Wildman–Crippen LogP) is 2.79. The zero-order chi connectivity index (χ0) is 12.5. The van der Waals surface area contributed by atoms with Crippen LogP contribution in [-0.4, -0.2) is 36.2 Å². The maximum Gasteiger partial charge on any atom is 0.0609 e. The van der Waals surface area contributed by atoms with Crippen molar-refractivity contribution in [3.05, 3.63) is 34.3 Å². The van der Waals surface area contributed by atoms with E-state index >= 15 is 0 Å². The molecule has 1 unspecified atom stereocenters. The molecule has 94 valence electrons. The Bertz CT molecular complexity index is 384. The summed E-state index contributed by atoms with van der Waals surface area (Å²) in [6.07, 6.45) is 1.75. The van der Waals surface area contributed by atoms with Gasteiger partial charge in [0, 0.05) is 9.89 Å². The molecule has 1 aliphatic rings. The van der Waals surface area contributed by atoms with Crippen LogP contribution < -0.4 is 0 Å².